The van der Waals surface area contributed by atoms with Crippen LogP contribution in [0.2, 0.25) is 5.02 Å². The van der Waals surface area contributed by atoms with E-state index in [1.165, 1.54) is 0 Å². The van der Waals surface area contributed by atoms with Crippen LogP contribution in [0, 0.1) is 18.3 Å². The molecule has 0 aliphatic rings. The molecule has 0 heterocycles. The van der Waals surface area contributed by atoms with Crippen molar-refractivity contribution in [1.29, 1.82) is 5.26 Å². The van der Waals surface area contributed by atoms with Gasteiger partial charge in [0.2, 0.25) is 5.91 Å². The Morgan fingerprint density at radius 3 is 2.81 bits per heavy atom. The quantitative estimate of drug-likeness (QED) is 0.907. The molecule has 21 heavy (non-hydrogen) atoms. The number of rotatable bonds is 4. The molecule has 106 valence electrons. The highest BCUT2D eigenvalue weighted by Gasteiger charge is 2.06. The zero-order chi connectivity index (χ0) is 15.2. The van der Waals surface area contributed by atoms with E-state index in [0.717, 1.165) is 11.3 Å². The van der Waals surface area contributed by atoms with Gasteiger partial charge < -0.3 is 10.6 Å². The van der Waals surface area contributed by atoms with Crippen molar-refractivity contribution in [3.05, 3.63) is 58.6 Å². The molecule has 1 amide bonds. The van der Waals surface area contributed by atoms with Gasteiger partial charge >= 0.3 is 0 Å². The first kappa shape index (κ1) is 14.9. The van der Waals surface area contributed by atoms with Gasteiger partial charge in [0.15, 0.2) is 0 Å². The van der Waals surface area contributed by atoms with E-state index >= 15 is 0 Å². The predicted molar refractivity (Wildman–Crippen MR) is 84.5 cm³/mol. The number of carbonyl (C=O) groups is 1. The van der Waals surface area contributed by atoms with Gasteiger partial charge in [-0.25, -0.2) is 0 Å². The van der Waals surface area contributed by atoms with Crippen molar-refractivity contribution in [1.82, 2.24) is 0 Å². The van der Waals surface area contributed by atoms with E-state index in [1.807, 2.05) is 6.92 Å². The van der Waals surface area contributed by atoms with Crippen LogP contribution in [0.4, 0.5) is 11.4 Å². The summed E-state index contributed by atoms with van der Waals surface area (Å²) in [5, 5.41) is 15.2. The second-order valence-corrected chi connectivity index (χ2v) is 4.91. The first-order chi connectivity index (χ1) is 10.1. The Bertz CT molecular complexity index is 707. The minimum atomic E-state index is -0.178. The molecule has 2 aromatic carbocycles. The normalized spacial score (nSPS) is 9.76. The molecular formula is C16H14ClN3O. The lowest BCUT2D eigenvalue weighted by Crippen LogP contribution is -2.22. The fourth-order valence-electron chi connectivity index (χ4n) is 1.82. The third-order valence-electron chi connectivity index (χ3n) is 2.99. The SMILES string of the molecule is Cc1c(Cl)cccc1NC(=O)CNc1cccc(C#N)c1. The summed E-state index contributed by atoms with van der Waals surface area (Å²) in [4.78, 5) is 11.9. The van der Waals surface area contributed by atoms with Gasteiger partial charge in [-0.15, -0.1) is 0 Å². The van der Waals surface area contributed by atoms with Crippen LogP contribution in [-0.2, 0) is 4.79 Å². The molecule has 0 saturated heterocycles. The van der Waals surface area contributed by atoms with Gasteiger partial charge in [-0.3, -0.25) is 4.79 Å². The number of nitrogens with one attached hydrogen (secondary N) is 2. The predicted octanol–water partition coefficient (Wildman–Crippen LogP) is 3.57. The average molecular weight is 300 g/mol. The minimum absolute atomic E-state index is 0.112. The summed E-state index contributed by atoms with van der Waals surface area (Å²) in [5.41, 5.74) is 2.80. The summed E-state index contributed by atoms with van der Waals surface area (Å²) >= 11 is 6.01. The van der Waals surface area contributed by atoms with Crippen molar-refractivity contribution in [2.45, 2.75) is 6.92 Å². The number of anilines is 2. The molecule has 0 saturated carbocycles. The van der Waals surface area contributed by atoms with E-state index in [1.54, 1.807) is 42.5 Å². The Morgan fingerprint density at radius 1 is 1.29 bits per heavy atom. The molecule has 0 unspecified atom stereocenters. The molecule has 2 aromatic rings. The van der Waals surface area contributed by atoms with E-state index in [2.05, 4.69) is 16.7 Å². The summed E-state index contributed by atoms with van der Waals surface area (Å²) in [6.45, 7) is 1.96. The average Bonchev–Trinajstić information content (AvgIpc) is 2.50. The van der Waals surface area contributed by atoms with E-state index in [9.17, 15) is 4.79 Å². The lowest BCUT2D eigenvalue weighted by molar-refractivity contribution is -0.114. The minimum Gasteiger partial charge on any atom is -0.376 e. The lowest BCUT2D eigenvalue weighted by Gasteiger charge is -2.10. The molecule has 0 bridgehead atoms. The first-order valence-corrected chi connectivity index (χ1v) is 6.77. The van der Waals surface area contributed by atoms with Crippen LogP contribution in [0.25, 0.3) is 0 Å². The maximum atomic E-state index is 11.9. The molecule has 0 atom stereocenters. The van der Waals surface area contributed by atoms with Gasteiger partial charge in [-0.1, -0.05) is 23.7 Å². The smallest absolute Gasteiger partial charge is 0.243 e. The van der Waals surface area contributed by atoms with Gasteiger partial charge in [0.05, 0.1) is 18.2 Å². The number of nitrogens with zero attached hydrogens (tertiary/aromatic N) is 1. The number of benzene rings is 2. The molecule has 0 fully saturated rings. The highest BCUT2D eigenvalue weighted by molar-refractivity contribution is 6.31. The van der Waals surface area contributed by atoms with Gasteiger partial charge in [-0.05, 0) is 42.8 Å². The summed E-state index contributed by atoms with van der Waals surface area (Å²) < 4.78 is 0. The van der Waals surface area contributed by atoms with Crippen LogP contribution in [0.1, 0.15) is 11.1 Å². The monoisotopic (exact) mass is 299 g/mol. The summed E-state index contributed by atoms with van der Waals surface area (Å²) in [6.07, 6.45) is 0. The molecule has 2 N–H and O–H groups in total. The molecule has 0 aliphatic heterocycles. The van der Waals surface area contributed by atoms with E-state index in [0.29, 0.717) is 16.3 Å². The Labute approximate surface area is 128 Å². The number of amides is 1. The zero-order valence-electron chi connectivity index (χ0n) is 11.5. The second kappa shape index (κ2) is 6.78. The summed E-state index contributed by atoms with van der Waals surface area (Å²) in [5.74, 6) is -0.178. The van der Waals surface area contributed by atoms with E-state index in [4.69, 9.17) is 16.9 Å². The summed E-state index contributed by atoms with van der Waals surface area (Å²) in [7, 11) is 0. The number of hydrogen-bond acceptors (Lipinski definition) is 3. The molecule has 0 radical (unpaired) electrons. The number of nitriles is 1. The van der Waals surface area contributed by atoms with Crippen LogP contribution in [0.5, 0.6) is 0 Å². The van der Waals surface area contributed by atoms with Gasteiger partial charge in [-0.2, -0.15) is 5.26 Å². The Hall–Kier alpha value is -2.51. The molecule has 0 spiro atoms. The molecule has 0 aromatic heterocycles. The second-order valence-electron chi connectivity index (χ2n) is 4.51. The lowest BCUT2D eigenvalue weighted by atomic mass is 10.2. The van der Waals surface area contributed by atoms with Crippen LogP contribution in [0.15, 0.2) is 42.5 Å². The summed E-state index contributed by atoms with van der Waals surface area (Å²) in [6, 6.07) is 14.4. The first-order valence-electron chi connectivity index (χ1n) is 6.39. The molecule has 5 heteroatoms. The van der Waals surface area contributed by atoms with Crippen molar-refractivity contribution in [2.24, 2.45) is 0 Å². The van der Waals surface area contributed by atoms with Crippen LogP contribution in [-0.4, -0.2) is 12.5 Å². The molecular weight excluding hydrogens is 286 g/mol. The largest absolute Gasteiger partial charge is 0.376 e. The highest BCUT2D eigenvalue weighted by Crippen LogP contribution is 2.22. The Kier molecular flexibility index (Phi) is 4.81. The fourth-order valence-corrected chi connectivity index (χ4v) is 1.99. The highest BCUT2D eigenvalue weighted by atomic mass is 35.5. The van der Waals surface area contributed by atoms with E-state index in [-0.39, 0.29) is 12.5 Å². The third kappa shape index (κ3) is 3.98. The number of carbonyl (C=O) groups excluding carboxylic acids is 1. The van der Waals surface area contributed by atoms with Crippen molar-refractivity contribution >= 4 is 28.9 Å². The maximum absolute atomic E-state index is 11.9. The van der Waals surface area contributed by atoms with Crippen LogP contribution in [0.3, 0.4) is 0 Å². The van der Waals surface area contributed by atoms with E-state index < -0.39 is 0 Å². The number of hydrogen-bond donors (Lipinski definition) is 2. The molecule has 2 rings (SSSR count). The topological polar surface area (TPSA) is 64.9 Å². The van der Waals surface area contributed by atoms with Gasteiger partial charge in [0.1, 0.15) is 0 Å². The maximum Gasteiger partial charge on any atom is 0.243 e. The molecule has 4 nitrogen and oxygen atoms in total. The third-order valence-corrected chi connectivity index (χ3v) is 3.40. The van der Waals surface area contributed by atoms with Crippen molar-refractivity contribution in [3.63, 3.8) is 0 Å². The standard InChI is InChI=1S/C16H14ClN3O/c1-11-14(17)6-3-7-15(11)20-16(21)10-19-13-5-2-4-12(8-13)9-18/h2-8,19H,10H2,1H3,(H,20,21). The van der Waals surface area contributed by atoms with Crippen molar-refractivity contribution in [3.8, 4) is 6.07 Å². The van der Waals surface area contributed by atoms with Crippen molar-refractivity contribution in [2.75, 3.05) is 17.2 Å². The molecule has 0 aliphatic carbocycles. The number of halogens is 1. The Morgan fingerprint density at radius 2 is 2.05 bits per heavy atom. The van der Waals surface area contributed by atoms with Crippen LogP contribution >= 0.6 is 11.6 Å². The Balaban J connectivity index is 1.96. The zero-order valence-corrected chi connectivity index (χ0v) is 12.2. The van der Waals surface area contributed by atoms with Crippen molar-refractivity contribution < 1.29 is 4.79 Å². The van der Waals surface area contributed by atoms with Crippen LogP contribution < -0.4 is 10.6 Å². The van der Waals surface area contributed by atoms with Gasteiger partial charge in [0.25, 0.3) is 0 Å². The van der Waals surface area contributed by atoms with Gasteiger partial charge in [0, 0.05) is 16.4 Å². The fraction of sp³-hybridized carbons (Fsp3) is 0.125.